The summed E-state index contributed by atoms with van der Waals surface area (Å²) in [6.45, 7) is 3.85. The minimum Gasteiger partial charge on any atom is -0.314 e. The molecule has 0 atom stereocenters. The zero-order valence-corrected chi connectivity index (χ0v) is 12.8. The van der Waals surface area contributed by atoms with Gasteiger partial charge >= 0.3 is 0 Å². The summed E-state index contributed by atoms with van der Waals surface area (Å²) < 4.78 is 1.37. The molecule has 0 saturated carbocycles. The van der Waals surface area contributed by atoms with Crippen molar-refractivity contribution in [3.63, 3.8) is 0 Å². The molecule has 2 N–H and O–H groups in total. The molecule has 1 aromatic heterocycles. The fourth-order valence-corrected chi connectivity index (χ4v) is 1.89. The van der Waals surface area contributed by atoms with Gasteiger partial charge in [-0.25, -0.2) is 4.98 Å². The Morgan fingerprint density at radius 2 is 2.19 bits per heavy atom. The quantitative estimate of drug-likeness (QED) is 0.458. The van der Waals surface area contributed by atoms with E-state index in [2.05, 4.69) is 17.2 Å². The van der Waals surface area contributed by atoms with Gasteiger partial charge in [-0.3, -0.25) is 9.59 Å². The predicted molar refractivity (Wildman–Crippen MR) is 83.9 cm³/mol. The monoisotopic (exact) mass is 290 g/mol. The number of rotatable bonds is 7. The fourth-order valence-electron chi connectivity index (χ4n) is 1.89. The minimum absolute atomic E-state index is 0.0104. The Balaban J connectivity index is 2.84. The maximum atomic E-state index is 12.1. The molecule has 6 heteroatoms. The lowest BCUT2D eigenvalue weighted by Crippen LogP contribution is -2.27. The number of amides is 1. The second-order valence-electron chi connectivity index (χ2n) is 4.90. The Hall–Kier alpha value is -2.24. The topological polar surface area (TPSA) is 87.8 Å². The van der Waals surface area contributed by atoms with Crippen LogP contribution in [0.25, 0.3) is 0 Å². The number of allylic oxidation sites excluding steroid dienone is 1. The van der Waals surface area contributed by atoms with Gasteiger partial charge in [-0.1, -0.05) is 25.8 Å². The molecule has 0 fully saturated rings. The summed E-state index contributed by atoms with van der Waals surface area (Å²) in [6, 6.07) is 0. The average Bonchev–Trinajstić information content (AvgIpc) is 2.44. The Morgan fingerprint density at radius 3 is 2.81 bits per heavy atom. The van der Waals surface area contributed by atoms with Gasteiger partial charge in [0.25, 0.3) is 11.5 Å². The zero-order chi connectivity index (χ0) is 15.8. The zero-order valence-electron chi connectivity index (χ0n) is 12.8. The Bertz CT molecular complexity index is 602. The van der Waals surface area contributed by atoms with E-state index in [1.54, 1.807) is 26.2 Å². The lowest BCUT2D eigenvalue weighted by atomic mass is 10.1. The van der Waals surface area contributed by atoms with Crippen LogP contribution in [0.1, 0.15) is 38.3 Å². The molecule has 1 heterocycles. The molecule has 6 nitrogen and oxygen atoms in total. The summed E-state index contributed by atoms with van der Waals surface area (Å²) in [7, 11) is 1.60. The number of carbonyl (C=O) groups is 1. The number of aromatic nitrogens is 2. The molecule has 21 heavy (non-hydrogen) atoms. The van der Waals surface area contributed by atoms with Crippen molar-refractivity contribution in [1.29, 1.82) is 5.41 Å². The van der Waals surface area contributed by atoms with Gasteiger partial charge in [-0.05, 0) is 19.8 Å². The van der Waals surface area contributed by atoms with E-state index in [-0.39, 0.29) is 17.0 Å². The second-order valence-corrected chi connectivity index (χ2v) is 4.90. The standard InChI is InChI=1S/C15H22N4O2/c1-4-5-6-7-8-12(9-16)14(20)18-13-15(21)19(3)10-11(2)17-13/h8-10,16H,4-7H2,1-3H3,(H,17,18,20)/b12-8+,16-9?. The number of nitrogens with one attached hydrogen (secondary N) is 2. The SMILES string of the molecule is CCCCC/C=C(\C=N)C(=O)Nc1nc(C)cn(C)c1=O. The maximum Gasteiger partial charge on any atom is 0.293 e. The van der Waals surface area contributed by atoms with Crippen molar-refractivity contribution in [2.24, 2.45) is 7.05 Å². The van der Waals surface area contributed by atoms with Crippen LogP contribution in [0.2, 0.25) is 0 Å². The number of aryl methyl sites for hydroxylation is 2. The molecule has 0 unspecified atom stereocenters. The number of hydrogen-bond acceptors (Lipinski definition) is 4. The molecule has 1 rings (SSSR count). The highest BCUT2D eigenvalue weighted by Gasteiger charge is 2.11. The summed E-state index contributed by atoms with van der Waals surface area (Å²) in [4.78, 5) is 28.0. The van der Waals surface area contributed by atoms with Gasteiger partial charge in [0.2, 0.25) is 0 Å². The van der Waals surface area contributed by atoms with Crippen molar-refractivity contribution in [3.8, 4) is 0 Å². The van der Waals surface area contributed by atoms with Crippen LogP contribution in [0.5, 0.6) is 0 Å². The van der Waals surface area contributed by atoms with Crippen molar-refractivity contribution in [2.45, 2.75) is 39.5 Å². The maximum absolute atomic E-state index is 12.1. The van der Waals surface area contributed by atoms with Crippen LogP contribution < -0.4 is 10.9 Å². The van der Waals surface area contributed by atoms with Crippen molar-refractivity contribution >= 4 is 17.9 Å². The lowest BCUT2D eigenvalue weighted by molar-refractivity contribution is -0.112. The molecule has 0 spiro atoms. The summed E-state index contributed by atoms with van der Waals surface area (Å²) in [6.07, 6.45) is 8.22. The number of anilines is 1. The largest absolute Gasteiger partial charge is 0.314 e. The van der Waals surface area contributed by atoms with Crippen molar-refractivity contribution in [3.05, 3.63) is 33.9 Å². The molecule has 0 aliphatic rings. The number of nitrogens with zero attached hydrogens (tertiary/aromatic N) is 2. The number of unbranched alkanes of at least 4 members (excludes halogenated alkanes) is 3. The molecule has 0 saturated heterocycles. The van der Waals surface area contributed by atoms with Crippen LogP contribution in [-0.4, -0.2) is 21.7 Å². The highest BCUT2D eigenvalue weighted by atomic mass is 16.2. The fraction of sp³-hybridized carbons (Fsp3) is 0.467. The van der Waals surface area contributed by atoms with E-state index in [9.17, 15) is 9.59 Å². The summed E-state index contributed by atoms with van der Waals surface area (Å²) >= 11 is 0. The smallest absolute Gasteiger partial charge is 0.293 e. The molecule has 0 aliphatic carbocycles. The van der Waals surface area contributed by atoms with E-state index in [1.807, 2.05) is 0 Å². The lowest BCUT2D eigenvalue weighted by Gasteiger charge is -2.07. The molecule has 0 aliphatic heterocycles. The van der Waals surface area contributed by atoms with Crippen molar-refractivity contribution in [1.82, 2.24) is 9.55 Å². The Morgan fingerprint density at radius 1 is 1.48 bits per heavy atom. The third kappa shape index (κ3) is 4.98. The van der Waals surface area contributed by atoms with E-state index in [0.717, 1.165) is 31.9 Å². The second kappa shape index (κ2) is 8.14. The Labute approximate surface area is 124 Å². The minimum atomic E-state index is -0.475. The van der Waals surface area contributed by atoms with Crippen molar-refractivity contribution in [2.75, 3.05) is 5.32 Å². The molecular formula is C15H22N4O2. The molecule has 114 valence electrons. The van der Waals surface area contributed by atoms with Crippen LogP contribution in [0.3, 0.4) is 0 Å². The summed E-state index contributed by atoms with van der Waals surface area (Å²) in [5.74, 6) is -0.486. The van der Waals surface area contributed by atoms with E-state index in [1.165, 1.54) is 4.57 Å². The van der Waals surface area contributed by atoms with Gasteiger partial charge in [0.1, 0.15) is 0 Å². The third-order valence-electron chi connectivity index (χ3n) is 3.01. The van der Waals surface area contributed by atoms with Gasteiger partial charge in [-0.15, -0.1) is 0 Å². The third-order valence-corrected chi connectivity index (χ3v) is 3.01. The van der Waals surface area contributed by atoms with Crippen LogP contribution in [-0.2, 0) is 11.8 Å². The molecule has 0 aromatic carbocycles. The van der Waals surface area contributed by atoms with Crippen LogP contribution in [0, 0.1) is 12.3 Å². The molecule has 0 radical (unpaired) electrons. The van der Waals surface area contributed by atoms with E-state index < -0.39 is 5.91 Å². The van der Waals surface area contributed by atoms with Gasteiger partial charge in [-0.2, -0.15) is 0 Å². The average molecular weight is 290 g/mol. The first-order chi connectivity index (χ1) is 9.99. The van der Waals surface area contributed by atoms with E-state index in [4.69, 9.17) is 5.41 Å². The molecule has 0 bridgehead atoms. The summed E-state index contributed by atoms with van der Waals surface area (Å²) in [5, 5.41) is 9.80. The predicted octanol–water partition coefficient (Wildman–Crippen LogP) is 2.18. The first kappa shape index (κ1) is 16.8. The van der Waals surface area contributed by atoms with Gasteiger partial charge in [0.05, 0.1) is 11.3 Å². The molecule has 1 amide bonds. The van der Waals surface area contributed by atoms with E-state index >= 15 is 0 Å². The van der Waals surface area contributed by atoms with Crippen LogP contribution in [0.15, 0.2) is 22.6 Å². The normalized spacial score (nSPS) is 11.3. The van der Waals surface area contributed by atoms with Gasteiger partial charge in [0.15, 0.2) is 5.82 Å². The highest BCUT2D eigenvalue weighted by molar-refractivity contribution is 6.16. The highest BCUT2D eigenvalue weighted by Crippen LogP contribution is 2.05. The van der Waals surface area contributed by atoms with Crippen LogP contribution >= 0.6 is 0 Å². The van der Waals surface area contributed by atoms with Crippen molar-refractivity contribution < 1.29 is 4.79 Å². The number of hydrogen-bond donors (Lipinski definition) is 2. The number of carbonyl (C=O) groups excluding carboxylic acids is 1. The van der Waals surface area contributed by atoms with E-state index in [0.29, 0.717) is 5.69 Å². The Kier molecular flexibility index (Phi) is 6.52. The molecule has 1 aromatic rings. The van der Waals surface area contributed by atoms with Gasteiger partial charge in [0, 0.05) is 19.5 Å². The summed E-state index contributed by atoms with van der Waals surface area (Å²) in [5.41, 5.74) is 0.511. The first-order valence-corrected chi connectivity index (χ1v) is 7.05. The van der Waals surface area contributed by atoms with Crippen LogP contribution in [0.4, 0.5) is 5.82 Å². The molecular weight excluding hydrogens is 268 g/mol. The first-order valence-electron chi connectivity index (χ1n) is 7.05. The van der Waals surface area contributed by atoms with Gasteiger partial charge < -0.3 is 15.3 Å².